The number of benzene rings is 1. The lowest BCUT2D eigenvalue weighted by atomic mass is 10.2. The Morgan fingerprint density at radius 1 is 1.33 bits per heavy atom. The number of ether oxygens (including phenoxy) is 3. The highest BCUT2D eigenvalue weighted by Crippen LogP contribution is 2.30. The van der Waals surface area contributed by atoms with Crippen LogP contribution >= 0.6 is 15.9 Å². The van der Waals surface area contributed by atoms with Crippen molar-refractivity contribution in [2.24, 2.45) is 0 Å². The Hall–Kier alpha value is -1.47. The van der Waals surface area contributed by atoms with E-state index < -0.39 is 35.3 Å². The van der Waals surface area contributed by atoms with Crippen LogP contribution in [-0.4, -0.2) is 41.9 Å². The Morgan fingerprint density at radius 2 is 2.00 bits per heavy atom. The summed E-state index contributed by atoms with van der Waals surface area (Å²) in [6.45, 7) is 0.982. The Kier molecular flexibility index (Phi) is 5.30. The summed E-state index contributed by atoms with van der Waals surface area (Å²) < 4.78 is 29.1. The van der Waals surface area contributed by atoms with Crippen LogP contribution in [0.5, 0.6) is 0 Å². The number of halogens is 2. The number of alkyl halides is 2. The minimum atomic E-state index is -1.52. The molecule has 1 aliphatic rings. The average molecular weight is 361 g/mol. The topological polar surface area (TPSA) is 61.8 Å². The molecule has 0 bridgehead atoms. The summed E-state index contributed by atoms with van der Waals surface area (Å²) in [4.78, 5) is 22.8. The molecular weight excluding hydrogens is 347 g/mol. The van der Waals surface area contributed by atoms with Crippen LogP contribution < -0.4 is 0 Å². The standard InChI is InChI=1S/C14H14BrFO5/c1-8(17)20-12-10(21-13(15)11(12)16)7-19-14(18)9-5-3-2-4-6-9/h2-6,10-13H,7H2,1H3. The van der Waals surface area contributed by atoms with Crippen LogP contribution in [0.15, 0.2) is 30.3 Å². The van der Waals surface area contributed by atoms with Gasteiger partial charge in [0.25, 0.3) is 0 Å². The SMILES string of the molecule is CC(=O)OC1C(COC(=O)c2ccccc2)OC(Br)C1F. The van der Waals surface area contributed by atoms with Gasteiger partial charge in [-0.1, -0.05) is 34.1 Å². The minimum absolute atomic E-state index is 0.200. The van der Waals surface area contributed by atoms with Gasteiger partial charge in [-0.3, -0.25) is 4.79 Å². The Morgan fingerprint density at radius 3 is 2.62 bits per heavy atom. The predicted octanol–water partition coefficient (Wildman–Crippen LogP) is 2.23. The zero-order chi connectivity index (χ0) is 15.4. The number of carbonyl (C=O) groups is 2. The van der Waals surface area contributed by atoms with E-state index in [2.05, 4.69) is 15.9 Å². The van der Waals surface area contributed by atoms with E-state index >= 15 is 0 Å². The molecule has 1 saturated heterocycles. The van der Waals surface area contributed by atoms with Crippen molar-refractivity contribution in [1.82, 2.24) is 0 Å². The number of hydrogen-bond acceptors (Lipinski definition) is 5. The first-order valence-electron chi connectivity index (χ1n) is 6.32. The van der Waals surface area contributed by atoms with Gasteiger partial charge in [-0.15, -0.1) is 0 Å². The van der Waals surface area contributed by atoms with Gasteiger partial charge in [0.1, 0.15) is 17.7 Å². The lowest BCUT2D eigenvalue weighted by molar-refractivity contribution is -0.152. The fourth-order valence-electron chi connectivity index (χ4n) is 1.96. The van der Waals surface area contributed by atoms with Crippen LogP contribution in [0.1, 0.15) is 17.3 Å². The third-order valence-corrected chi connectivity index (χ3v) is 3.65. The van der Waals surface area contributed by atoms with E-state index in [1.54, 1.807) is 30.3 Å². The van der Waals surface area contributed by atoms with E-state index in [0.717, 1.165) is 0 Å². The van der Waals surface area contributed by atoms with E-state index in [1.807, 2.05) is 0 Å². The first kappa shape index (κ1) is 15.9. The van der Waals surface area contributed by atoms with Crippen molar-refractivity contribution in [2.75, 3.05) is 6.61 Å². The molecular formula is C14H14BrFO5. The zero-order valence-electron chi connectivity index (χ0n) is 11.2. The number of rotatable bonds is 4. The molecule has 5 nitrogen and oxygen atoms in total. The van der Waals surface area contributed by atoms with E-state index in [9.17, 15) is 14.0 Å². The van der Waals surface area contributed by atoms with Gasteiger partial charge in [-0.05, 0) is 12.1 Å². The van der Waals surface area contributed by atoms with E-state index in [0.29, 0.717) is 5.56 Å². The quantitative estimate of drug-likeness (QED) is 0.608. The monoisotopic (exact) mass is 360 g/mol. The largest absolute Gasteiger partial charge is 0.459 e. The Balaban J connectivity index is 1.95. The van der Waals surface area contributed by atoms with Gasteiger partial charge in [-0.25, -0.2) is 9.18 Å². The molecule has 0 amide bonds. The fourth-order valence-corrected chi connectivity index (χ4v) is 2.53. The van der Waals surface area contributed by atoms with Gasteiger partial charge in [-0.2, -0.15) is 0 Å². The molecule has 0 aromatic heterocycles. The molecule has 4 unspecified atom stereocenters. The molecule has 1 heterocycles. The van der Waals surface area contributed by atoms with Crippen molar-refractivity contribution in [2.45, 2.75) is 30.3 Å². The van der Waals surface area contributed by atoms with Gasteiger partial charge in [0.05, 0.1) is 5.56 Å². The number of hydrogen-bond donors (Lipinski definition) is 0. The van der Waals surface area contributed by atoms with Gasteiger partial charge < -0.3 is 14.2 Å². The van der Waals surface area contributed by atoms with E-state index in [-0.39, 0.29) is 6.61 Å². The molecule has 2 rings (SSSR count). The Bertz CT molecular complexity index is 509. The molecule has 21 heavy (non-hydrogen) atoms. The summed E-state index contributed by atoms with van der Waals surface area (Å²) in [6, 6.07) is 8.39. The first-order chi connectivity index (χ1) is 9.99. The summed E-state index contributed by atoms with van der Waals surface area (Å²) in [5, 5.41) is -0.901. The van der Waals surface area contributed by atoms with Crippen molar-refractivity contribution < 1.29 is 28.2 Å². The highest BCUT2D eigenvalue weighted by Gasteiger charge is 2.46. The van der Waals surface area contributed by atoms with Gasteiger partial charge in [0.2, 0.25) is 0 Å². The van der Waals surface area contributed by atoms with Crippen LogP contribution in [0, 0.1) is 0 Å². The van der Waals surface area contributed by atoms with Crippen molar-refractivity contribution in [1.29, 1.82) is 0 Å². The second kappa shape index (κ2) is 7.00. The Labute approximate surface area is 129 Å². The maximum Gasteiger partial charge on any atom is 0.338 e. The van der Waals surface area contributed by atoms with Crippen LogP contribution in [-0.2, 0) is 19.0 Å². The van der Waals surface area contributed by atoms with Crippen LogP contribution in [0.4, 0.5) is 4.39 Å². The molecule has 0 radical (unpaired) electrons. The summed E-state index contributed by atoms with van der Waals surface area (Å²) in [5.41, 5.74) is 0.381. The number of esters is 2. The molecule has 7 heteroatoms. The molecule has 1 aliphatic heterocycles. The lowest BCUT2D eigenvalue weighted by Crippen LogP contribution is -2.36. The molecule has 4 atom stereocenters. The van der Waals surface area contributed by atoms with Crippen LogP contribution in [0.25, 0.3) is 0 Å². The molecule has 1 aromatic carbocycles. The van der Waals surface area contributed by atoms with Crippen LogP contribution in [0.3, 0.4) is 0 Å². The highest BCUT2D eigenvalue weighted by molar-refractivity contribution is 9.09. The third kappa shape index (κ3) is 4.01. The summed E-state index contributed by atoms with van der Waals surface area (Å²) in [5.74, 6) is -1.17. The molecule has 1 fully saturated rings. The molecule has 0 saturated carbocycles. The average Bonchev–Trinajstić information content (AvgIpc) is 2.73. The van der Waals surface area contributed by atoms with Gasteiger partial charge in [0, 0.05) is 6.92 Å². The van der Waals surface area contributed by atoms with Crippen molar-refractivity contribution in [3.63, 3.8) is 0 Å². The molecule has 0 N–H and O–H groups in total. The second-order valence-electron chi connectivity index (χ2n) is 4.51. The maximum absolute atomic E-state index is 13.8. The van der Waals surface area contributed by atoms with Crippen LogP contribution in [0.2, 0.25) is 0 Å². The second-order valence-corrected chi connectivity index (χ2v) is 5.41. The van der Waals surface area contributed by atoms with Gasteiger partial charge >= 0.3 is 11.9 Å². The third-order valence-electron chi connectivity index (χ3n) is 2.93. The lowest BCUT2D eigenvalue weighted by Gasteiger charge is -2.18. The summed E-state index contributed by atoms with van der Waals surface area (Å²) >= 11 is 3.00. The number of carbonyl (C=O) groups excluding carboxylic acids is 2. The van der Waals surface area contributed by atoms with Crippen molar-refractivity contribution in [3.05, 3.63) is 35.9 Å². The first-order valence-corrected chi connectivity index (χ1v) is 7.23. The smallest absolute Gasteiger partial charge is 0.338 e. The summed E-state index contributed by atoms with van der Waals surface area (Å²) in [7, 11) is 0. The molecule has 0 spiro atoms. The normalized spacial score (nSPS) is 28.1. The zero-order valence-corrected chi connectivity index (χ0v) is 12.8. The maximum atomic E-state index is 13.8. The fraction of sp³-hybridized carbons (Fsp3) is 0.429. The summed E-state index contributed by atoms with van der Waals surface area (Å²) in [6.07, 6.45) is -3.47. The molecule has 114 valence electrons. The predicted molar refractivity (Wildman–Crippen MR) is 74.8 cm³/mol. The molecule has 1 aromatic rings. The highest BCUT2D eigenvalue weighted by atomic mass is 79.9. The van der Waals surface area contributed by atoms with E-state index in [4.69, 9.17) is 14.2 Å². The molecule has 0 aliphatic carbocycles. The van der Waals surface area contributed by atoms with E-state index in [1.165, 1.54) is 6.92 Å². The van der Waals surface area contributed by atoms with Crippen molar-refractivity contribution in [3.8, 4) is 0 Å². The van der Waals surface area contributed by atoms with Gasteiger partial charge in [0.15, 0.2) is 12.3 Å². The van der Waals surface area contributed by atoms with Crippen molar-refractivity contribution >= 4 is 27.9 Å². The minimum Gasteiger partial charge on any atom is -0.459 e.